The van der Waals surface area contributed by atoms with E-state index in [9.17, 15) is 14.9 Å². The van der Waals surface area contributed by atoms with E-state index in [1.807, 2.05) is 54.6 Å². The predicted octanol–water partition coefficient (Wildman–Crippen LogP) is 5.46. The van der Waals surface area contributed by atoms with Crippen LogP contribution in [0.25, 0.3) is 6.08 Å². The number of carbonyl (C=O) groups excluding carboxylic acids is 1. The predicted molar refractivity (Wildman–Crippen MR) is 128 cm³/mol. The van der Waals surface area contributed by atoms with Crippen LogP contribution in [-0.4, -0.2) is 23.3 Å². The van der Waals surface area contributed by atoms with Crippen LogP contribution < -0.4 is 9.64 Å². The van der Waals surface area contributed by atoms with Crippen LogP contribution in [0.1, 0.15) is 25.0 Å². The van der Waals surface area contributed by atoms with Crippen molar-refractivity contribution in [2.75, 3.05) is 11.5 Å². The zero-order valence-corrected chi connectivity index (χ0v) is 18.3. The summed E-state index contributed by atoms with van der Waals surface area (Å²) in [5.74, 6) is 1.29. The molecule has 3 aromatic carbocycles. The Morgan fingerprint density at radius 1 is 1.00 bits per heavy atom. The van der Waals surface area contributed by atoms with Crippen molar-refractivity contribution in [1.82, 2.24) is 0 Å². The van der Waals surface area contributed by atoms with Crippen molar-refractivity contribution < 1.29 is 14.5 Å². The highest BCUT2D eigenvalue weighted by molar-refractivity contribution is 6.33. The summed E-state index contributed by atoms with van der Waals surface area (Å²) in [6.45, 7) is 4.77. The molecule has 1 heterocycles. The molecular weight excluding hydrogens is 418 g/mol. The summed E-state index contributed by atoms with van der Waals surface area (Å²) in [5.41, 5.74) is 2.33. The molecule has 0 spiro atoms. The van der Waals surface area contributed by atoms with E-state index in [0.29, 0.717) is 24.0 Å². The number of nitro benzene ring substituents is 1. The van der Waals surface area contributed by atoms with Crippen molar-refractivity contribution in [2.45, 2.75) is 13.8 Å². The Bertz CT molecular complexity index is 1210. The molecule has 0 saturated carbocycles. The van der Waals surface area contributed by atoms with Crippen LogP contribution in [0.5, 0.6) is 5.75 Å². The molecule has 7 nitrogen and oxygen atoms in total. The van der Waals surface area contributed by atoms with E-state index in [1.54, 1.807) is 18.2 Å². The fourth-order valence-corrected chi connectivity index (χ4v) is 3.34. The number of hydrogen-bond acceptors (Lipinski definition) is 5. The van der Waals surface area contributed by atoms with E-state index in [0.717, 1.165) is 16.9 Å². The Labute approximate surface area is 191 Å². The number of aliphatic imine (C=N–C) groups is 1. The minimum atomic E-state index is -0.471. The molecule has 3 aromatic rings. The molecule has 0 N–H and O–H groups in total. The van der Waals surface area contributed by atoms with Gasteiger partial charge in [-0.2, -0.15) is 0 Å². The van der Waals surface area contributed by atoms with E-state index in [1.165, 1.54) is 17.0 Å². The van der Waals surface area contributed by atoms with E-state index < -0.39 is 4.92 Å². The average molecular weight is 441 g/mol. The molecule has 1 amide bonds. The molecule has 0 unspecified atom stereocenters. The van der Waals surface area contributed by atoms with Crippen molar-refractivity contribution in [1.29, 1.82) is 0 Å². The number of hydrogen-bond donors (Lipinski definition) is 0. The first-order chi connectivity index (χ1) is 15.9. The number of rotatable bonds is 7. The van der Waals surface area contributed by atoms with E-state index in [-0.39, 0.29) is 17.3 Å². The van der Waals surface area contributed by atoms with Crippen LogP contribution in [0.2, 0.25) is 0 Å². The lowest BCUT2D eigenvalue weighted by atomic mass is 10.1. The summed E-state index contributed by atoms with van der Waals surface area (Å²) in [4.78, 5) is 30.0. The Hall–Kier alpha value is -4.26. The summed E-state index contributed by atoms with van der Waals surface area (Å²) in [6, 6.07) is 22.7. The van der Waals surface area contributed by atoms with Crippen LogP contribution in [0.15, 0.2) is 89.6 Å². The minimum absolute atomic E-state index is 0.0458. The highest BCUT2D eigenvalue weighted by Gasteiger charge is 2.32. The molecule has 0 radical (unpaired) electrons. The molecule has 0 atom stereocenters. The molecule has 166 valence electrons. The molecule has 0 aliphatic carbocycles. The van der Waals surface area contributed by atoms with Crippen molar-refractivity contribution in [3.05, 3.63) is 106 Å². The maximum absolute atomic E-state index is 13.3. The Kier molecular flexibility index (Phi) is 6.31. The Morgan fingerprint density at radius 3 is 2.27 bits per heavy atom. The summed E-state index contributed by atoms with van der Waals surface area (Å²) in [7, 11) is 0. The van der Waals surface area contributed by atoms with Crippen LogP contribution >= 0.6 is 0 Å². The van der Waals surface area contributed by atoms with Gasteiger partial charge >= 0.3 is 0 Å². The number of carbonyl (C=O) groups is 1. The molecule has 0 saturated heterocycles. The highest BCUT2D eigenvalue weighted by atomic mass is 16.6. The van der Waals surface area contributed by atoms with Crippen LogP contribution in [0.3, 0.4) is 0 Å². The van der Waals surface area contributed by atoms with Gasteiger partial charge in [-0.15, -0.1) is 0 Å². The fourth-order valence-electron chi connectivity index (χ4n) is 3.34. The minimum Gasteiger partial charge on any atom is -0.493 e. The van der Waals surface area contributed by atoms with Crippen LogP contribution in [0.4, 0.5) is 11.4 Å². The maximum atomic E-state index is 13.3. The number of non-ortho nitro benzene ring substituents is 1. The van der Waals surface area contributed by atoms with E-state index in [4.69, 9.17) is 4.74 Å². The summed E-state index contributed by atoms with van der Waals surface area (Å²) < 4.78 is 5.76. The van der Waals surface area contributed by atoms with Gasteiger partial charge in [0.25, 0.3) is 11.6 Å². The van der Waals surface area contributed by atoms with Crippen molar-refractivity contribution >= 4 is 29.2 Å². The fraction of sp³-hybridized carbons (Fsp3) is 0.154. The maximum Gasteiger partial charge on any atom is 0.282 e. The highest BCUT2D eigenvalue weighted by Crippen LogP contribution is 2.30. The molecule has 33 heavy (non-hydrogen) atoms. The zero-order valence-electron chi connectivity index (χ0n) is 18.3. The van der Waals surface area contributed by atoms with Crippen molar-refractivity contribution in [3.8, 4) is 5.75 Å². The first kappa shape index (κ1) is 22.0. The molecule has 1 aliphatic rings. The standard InChI is InChI=1S/C26H23N3O4/c1-18(2)17-33-23-14-8-20(9-15-23)25-27-24(16-19-6-4-3-5-7-19)26(30)28(25)21-10-12-22(13-11-21)29(31)32/h3-16,18H,17H2,1-2H3/b24-16-. The lowest BCUT2D eigenvalue weighted by Crippen LogP contribution is -2.32. The second-order valence-electron chi connectivity index (χ2n) is 8.02. The van der Waals surface area contributed by atoms with Gasteiger partial charge in [-0.05, 0) is 54.0 Å². The summed E-state index contributed by atoms with van der Waals surface area (Å²) >= 11 is 0. The second kappa shape index (κ2) is 9.48. The van der Waals surface area contributed by atoms with Gasteiger partial charge in [-0.1, -0.05) is 44.2 Å². The van der Waals surface area contributed by atoms with Crippen molar-refractivity contribution in [2.24, 2.45) is 10.9 Å². The van der Waals surface area contributed by atoms with E-state index >= 15 is 0 Å². The summed E-state index contributed by atoms with van der Waals surface area (Å²) in [6.07, 6.45) is 1.73. The average Bonchev–Trinajstić information content (AvgIpc) is 3.14. The quantitative estimate of drug-likeness (QED) is 0.277. The van der Waals surface area contributed by atoms with Gasteiger partial charge in [-0.25, -0.2) is 4.99 Å². The van der Waals surface area contributed by atoms with Crippen molar-refractivity contribution in [3.63, 3.8) is 0 Å². The summed E-state index contributed by atoms with van der Waals surface area (Å²) in [5, 5.41) is 11.0. The topological polar surface area (TPSA) is 85.0 Å². The molecule has 0 fully saturated rings. The largest absolute Gasteiger partial charge is 0.493 e. The smallest absolute Gasteiger partial charge is 0.282 e. The van der Waals surface area contributed by atoms with Crippen LogP contribution in [-0.2, 0) is 4.79 Å². The SMILES string of the molecule is CC(C)COc1ccc(C2=N/C(=C\c3ccccc3)C(=O)N2c2ccc([N+](=O)[O-])cc2)cc1. The monoisotopic (exact) mass is 441 g/mol. The van der Waals surface area contributed by atoms with Gasteiger partial charge in [0.1, 0.15) is 17.3 Å². The van der Waals surface area contributed by atoms with Gasteiger partial charge in [0, 0.05) is 17.7 Å². The van der Waals surface area contributed by atoms with Gasteiger partial charge in [-0.3, -0.25) is 19.8 Å². The van der Waals surface area contributed by atoms with Gasteiger partial charge in [0.2, 0.25) is 0 Å². The van der Waals surface area contributed by atoms with Crippen LogP contribution in [0, 0.1) is 16.0 Å². The number of ether oxygens (including phenoxy) is 1. The van der Waals surface area contributed by atoms with Gasteiger partial charge in [0.15, 0.2) is 0 Å². The lowest BCUT2D eigenvalue weighted by Gasteiger charge is -2.18. The number of anilines is 1. The Balaban J connectivity index is 1.72. The third kappa shape index (κ3) is 4.98. The molecule has 0 aromatic heterocycles. The normalized spacial score (nSPS) is 14.6. The third-order valence-corrected chi connectivity index (χ3v) is 4.98. The number of nitrogens with zero attached hydrogens (tertiary/aromatic N) is 3. The number of benzene rings is 3. The van der Waals surface area contributed by atoms with Gasteiger partial charge < -0.3 is 4.74 Å². The molecular formula is C26H23N3O4. The molecule has 7 heteroatoms. The molecule has 1 aliphatic heterocycles. The lowest BCUT2D eigenvalue weighted by molar-refractivity contribution is -0.384. The number of nitro groups is 1. The second-order valence-corrected chi connectivity index (χ2v) is 8.02. The number of amides is 1. The first-order valence-corrected chi connectivity index (χ1v) is 10.6. The molecule has 4 rings (SSSR count). The third-order valence-electron chi connectivity index (χ3n) is 4.98. The van der Waals surface area contributed by atoms with Gasteiger partial charge in [0.05, 0.1) is 17.2 Å². The number of amidine groups is 1. The first-order valence-electron chi connectivity index (χ1n) is 10.6. The Morgan fingerprint density at radius 2 is 1.67 bits per heavy atom. The van der Waals surface area contributed by atoms with E-state index in [2.05, 4.69) is 18.8 Å². The molecule has 0 bridgehead atoms. The zero-order chi connectivity index (χ0) is 23.4.